The van der Waals surface area contributed by atoms with Gasteiger partial charge < -0.3 is 10.6 Å². The number of hydrogen-bond acceptors (Lipinski definition) is 2. The van der Waals surface area contributed by atoms with Crippen LogP contribution in [0.3, 0.4) is 0 Å². The lowest BCUT2D eigenvalue weighted by Gasteiger charge is -2.16. The maximum atomic E-state index is 13.1. The Morgan fingerprint density at radius 2 is 1.96 bits per heavy atom. The molecule has 2 N–H and O–H groups in total. The minimum absolute atomic E-state index is 0. The Morgan fingerprint density at radius 3 is 2.58 bits per heavy atom. The molecule has 0 radical (unpaired) electrons. The molecular weight excluding hydrogens is 463 g/mol. The number of guanidine groups is 1. The quantitative estimate of drug-likeness (QED) is 0.296. The Hall–Kier alpha value is -1.91. The summed E-state index contributed by atoms with van der Waals surface area (Å²) in [5.74, 6) is -0.559. The van der Waals surface area contributed by atoms with Crippen molar-refractivity contribution in [3.63, 3.8) is 0 Å². The highest BCUT2D eigenvalue weighted by atomic mass is 127. The third-order valence-corrected chi connectivity index (χ3v) is 3.48. The standard InChI is InChI=1S/C17H18F4N4.HI/c1-22-16(24-8-6-12-3-2-7-23-10-12)25-11-13-4-5-14(18)9-15(13)17(19,20)21;/h2-5,7,9-10H,6,8,11H2,1H3,(H2,22,24,25);1H. The zero-order chi connectivity index (χ0) is 18.3. The molecule has 0 aliphatic heterocycles. The lowest BCUT2D eigenvalue weighted by molar-refractivity contribution is -0.138. The van der Waals surface area contributed by atoms with Gasteiger partial charge in [-0.3, -0.25) is 9.98 Å². The third-order valence-electron chi connectivity index (χ3n) is 3.48. The van der Waals surface area contributed by atoms with E-state index in [4.69, 9.17) is 0 Å². The van der Waals surface area contributed by atoms with Gasteiger partial charge in [0, 0.05) is 32.5 Å². The zero-order valence-electron chi connectivity index (χ0n) is 14.0. The van der Waals surface area contributed by atoms with Crippen molar-refractivity contribution in [2.75, 3.05) is 13.6 Å². The van der Waals surface area contributed by atoms with Crippen LogP contribution in [0.2, 0.25) is 0 Å². The van der Waals surface area contributed by atoms with Crippen LogP contribution in [0.1, 0.15) is 16.7 Å². The molecule has 1 aromatic heterocycles. The molecular formula is C17H19F4IN4. The predicted octanol–water partition coefficient (Wildman–Crippen LogP) is 3.77. The van der Waals surface area contributed by atoms with Crippen molar-refractivity contribution in [1.82, 2.24) is 15.6 Å². The van der Waals surface area contributed by atoms with Crippen LogP contribution in [-0.4, -0.2) is 24.5 Å². The van der Waals surface area contributed by atoms with Gasteiger partial charge in [0.05, 0.1) is 5.56 Å². The molecule has 1 heterocycles. The van der Waals surface area contributed by atoms with Gasteiger partial charge in [-0.25, -0.2) is 4.39 Å². The first-order valence-corrected chi connectivity index (χ1v) is 7.59. The lowest BCUT2D eigenvalue weighted by atomic mass is 10.1. The second-order valence-corrected chi connectivity index (χ2v) is 5.26. The van der Waals surface area contributed by atoms with Gasteiger partial charge in [0.2, 0.25) is 0 Å². The number of alkyl halides is 3. The smallest absolute Gasteiger partial charge is 0.356 e. The maximum Gasteiger partial charge on any atom is 0.416 e. The highest BCUT2D eigenvalue weighted by molar-refractivity contribution is 14.0. The predicted molar refractivity (Wildman–Crippen MR) is 103 cm³/mol. The molecule has 0 unspecified atom stereocenters. The molecule has 1 aromatic carbocycles. The van der Waals surface area contributed by atoms with Gasteiger partial charge in [0.25, 0.3) is 0 Å². The Balaban J connectivity index is 0.00000338. The molecule has 142 valence electrons. The fourth-order valence-corrected chi connectivity index (χ4v) is 2.24. The number of pyridine rings is 1. The van der Waals surface area contributed by atoms with Crippen molar-refractivity contribution >= 4 is 29.9 Å². The fourth-order valence-electron chi connectivity index (χ4n) is 2.24. The SMILES string of the molecule is CN=C(NCCc1cccnc1)NCc1ccc(F)cc1C(F)(F)F.I. The zero-order valence-corrected chi connectivity index (χ0v) is 16.3. The van der Waals surface area contributed by atoms with Crippen molar-refractivity contribution in [1.29, 1.82) is 0 Å². The lowest BCUT2D eigenvalue weighted by Crippen LogP contribution is -2.38. The third kappa shape index (κ3) is 6.77. The summed E-state index contributed by atoms with van der Waals surface area (Å²) in [4.78, 5) is 7.97. The number of aromatic nitrogens is 1. The van der Waals surface area contributed by atoms with E-state index in [2.05, 4.69) is 20.6 Å². The van der Waals surface area contributed by atoms with E-state index >= 15 is 0 Å². The number of rotatable bonds is 5. The highest BCUT2D eigenvalue weighted by Gasteiger charge is 2.33. The first kappa shape index (κ1) is 22.1. The molecule has 0 spiro atoms. The van der Waals surface area contributed by atoms with E-state index in [1.807, 2.05) is 12.1 Å². The average Bonchev–Trinajstić information content (AvgIpc) is 2.59. The van der Waals surface area contributed by atoms with Gasteiger partial charge in [-0.05, 0) is 35.7 Å². The summed E-state index contributed by atoms with van der Waals surface area (Å²) >= 11 is 0. The second-order valence-electron chi connectivity index (χ2n) is 5.26. The molecule has 0 fully saturated rings. The summed E-state index contributed by atoms with van der Waals surface area (Å²) in [7, 11) is 1.52. The number of nitrogens with one attached hydrogen (secondary N) is 2. The minimum atomic E-state index is -4.61. The molecule has 0 aliphatic carbocycles. The van der Waals surface area contributed by atoms with Crippen LogP contribution in [0, 0.1) is 5.82 Å². The molecule has 0 amide bonds. The maximum absolute atomic E-state index is 13.1. The Morgan fingerprint density at radius 1 is 1.19 bits per heavy atom. The largest absolute Gasteiger partial charge is 0.416 e. The molecule has 0 atom stereocenters. The average molecular weight is 482 g/mol. The van der Waals surface area contributed by atoms with Crippen molar-refractivity contribution in [3.05, 3.63) is 65.2 Å². The molecule has 9 heteroatoms. The summed E-state index contributed by atoms with van der Waals surface area (Å²) in [5, 5.41) is 5.82. The number of benzene rings is 1. The van der Waals surface area contributed by atoms with E-state index < -0.39 is 17.6 Å². The van der Waals surface area contributed by atoms with Gasteiger partial charge in [-0.15, -0.1) is 24.0 Å². The number of hydrogen-bond donors (Lipinski definition) is 2. The van der Waals surface area contributed by atoms with Crippen molar-refractivity contribution in [3.8, 4) is 0 Å². The normalized spacial score (nSPS) is 11.7. The first-order chi connectivity index (χ1) is 11.9. The molecule has 0 bridgehead atoms. The molecule has 2 aromatic rings. The second kappa shape index (κ2) is 10.3. The molecule has 0 saturated heterocycles. The van der Waals surface area contributed by atoms with E-state index in [0.717, 1.165) is 17.7 Å². The van der Waals surface area contributed by atoms with E-state index in [9.17, 15) is 17.6 Å². The van der Waals surface area contributed by atoms with Crippen LogP contribution in [0.25, 0.3) is 0 Å². The fraction of sp³-hybridized carbons (Fsp3) is 0.294. The number of nitrogens with zero attached hydrogens (tertiary/aromatic N) is 2. The summed E-state index contributed by atoms with van der Waals surface area (Å²) in [6.07, 6.45) is -0.500. The Bertz CT molecular complexity index is 720. The monoisotopic (exact) mass is 482 g/mol. The Labute approximate surface area is 166 Å². The Kier molecular flexibility index (Phi) is 8.76. The molecule has 0 saturated carbocycles. The van der Waals surface area contributed by atoms with E-state index in [0.29, 0.717) is 25.0 Å². The van der Waals surface area contributed by atoms with E-state index in [1.54, 1.807) is 12.4 Å². The van der Waals surface area contributed by atoms with Crippen LogP contribution in [-0.2, 0) is 19.1 Å². The minimum Gasteiger partial charge on any atom is -0.356 e. The van der Waals surface area contributed by atoms with Crippen LogP contribution >= 0.6 is 24.0 Å². The molecule has 2 rings (SSSR count). The summed E-state index contributed by atoms with van der Waals surface area (Å²) in [6, 6.07) is 6.38. The summed E-state index contributed by atoms with van der Waals surface area (Å²) < 4.78 is 52.0. The van der Waals surface area contributed by atoms with Gasteiger partial charge in [-0.1, -0.05) is 12.1 Å². The molecule has 0 aliphatic rings. The van der Waals surface area contributed by atoms with Gasteiger partial charge in [0.1, 0.15) is 5.82 Å². The van der Waals surface area contributed by atoms with Crippen molar-refractivity contribution in [2.45, 2.75) is 19.1 Å². The number of aliphatic imine (C=N–C) groups is 1. The van der Waals surface area contributed by atoms with Gasteiger partial charge >= 0.3 is 6.18 Å². The van der Waals surface area contributed by atoms with Gasteiger partial charge in [-0.2, -0.15) is 13.2 Å². The van der Waals surface area contributed by atoms with Crippen molar-refractivity contribution < 1.29 is 17.6 Å². The topological polar surface area (TPSA) is 49.3 Å². The summed E-state index contributed by atoms with van der Waals surface area (Å²) in [6.45, 7) is 0.419. The van der Waals surface area contributed by atoms with Crippen LogP contribution in [0.15, 0.2) is 47.7 Å². The molecule has 26 heavy (non-hydrogen) atoms. The van der Waals surface area contributed by atoms with Crippen LogP contribution in [0.4, 0.5) is 17.6 Å². The van der Waals surface area contributed by atoms with Crippen molar-refractivity contribution in [2.24, 2.45) is 4.99 Å². The van der Waals surface area contributed by atoms with E-state index in [-0.39, 0.29) is 36.1 Å². The van der Waals surface area contributed by atoms with Gasteiger partial charge in [0.15, 0.2) is 5.96 Å². The molecule has 4 nitrogen and oxygen atoms in total. The van der Waals surface area contributed by atoms with Crippen LogP contribution in [0.5, 0.6) is 0 Å². The summed E-state index contributed by atoms with van der Waals surface area (Å²) in [5.41, 5.74) is -0.0155. The van der Waals surface area contributed by atoms with E-state index in [1.165, 1.54) is 7.05 Å². The highest BCUT2D eigenvalue weighted by Crippen LogP contribution is 2.32. The first-order valence-electron chi connectivity index (χ1n) is 7.59. The number of halogens is 5. The van der Waals surface area contributed by atoms with Crippen LogP contribution < -0.4 is 10.6 Å².